The monoisotopic (exact) mass is 237 g/mol. The number of nitrogens with one attached hydrogen (secondary N) is 1. The van der Waals surface area contributed by atoms with Crippen LogP contribution in [0.15, 0.2) is 0 Å². The molecule has 0 aliphatic heterocycles. The van der Waals surface area contributed by atoms with Crippen LogP contribution in [0.3, 0.4) is 0 Å². The van der Waals surface area contributed by atoms with Gasteiger partial charge in [-0.1, -0.05) is 22.9 Å². The molecule has 0 rings (SSSR count). The highest BCUT2D eigenvalue weighted by atomic mass is 79.9. The van der Waals surface area contributed by atoms with Crippen molar-refractivity contribution in [3.8, 4) is 0 Å². The van der Waals surface area contributed by atoms with Crippen LogP contribution in [-0.2, 0) is 9.53 Å². The van der Waals surface area contributed by atoms with Gasteiger partial charge in [0.25, 0.3) is 0 Å². The molecule has 2 unspecified atom stereocenters. The first kappa shape index (κ1) is 11.9. The molecule has 0 heterocycles. The van der Waals surface area contributed by atoms with E-state index in [4.69, 9.17) is 4.74 Å². The lowest BCUT2D eigenvalue weighted by Crippen LogP contribution is -2.40. The van der Waals surface area contributed by atoms with E-state index in [1.807, 2.05) is 6.92 Å². The molecule has 0 bridgehead atoms. The summed E-state index contributed by atoms with van der Waals surface area (Å²) in [6.45, 7) is 4.39. The Morgan fingerprint density at radius 3 is 2.58 bits per heavy atom. The van der Waals surface area contributed by atoms with Crippen LogP contribution in [0.1, 0.15) is 20.3 Å². The summed E-state index contributed by atoms with van der Waals surface area (Å²) in [5.74, 6) is 0.0129. The quantitative estimate of drug-likeness (QED) is 0.733. The van der Waals surface area contributed by atoms with Gasteiger partial charge in [-0.2, -0.15) is 0 Å². The number of halogens is 1. The molecule has 0 aliphatic carbocycles. The maximum Gasteiger partial charge on any atom is 0.233 e. The SMILES string of the molecule is CCC(COC)NC(=O)C(C)Br. The second kappa shape index (κ2) is 6.43. The highest BCUT2D eigenvalue weighted by Crippen LogP contribution is 1.99. The van der Waals surface area contributed by atoms with Crippen molar-refractivity contribution in [1.29, 1.82) is 0 Å². The predicted octanol–water partition coefficient (Wildman–Crippen LogP) is 1.31. The Labute approximate surface area is 82.0 Å². The summed E-state index contributed by atoms with van der Waals surface area (Å²) in [4.78, 5) is 11.0. The van der Waals surface area contributed by atoms with E-state index in [1.165, 1.54) is 0 Å². The first-order chi connectivity index (χ1) is 5.61. The van der Waals surface area contributed by atoms with Gasteiger partial charge in [0.05, 0.1) is 17.5 Å². The average Bonchev–Trinajstić information content (AvgIpc) is 2.03. The van der Waals surface area contributed by atoms with Crippen LogP contribution in [-0.4, -0.2) is 30.5 Å². The minimum Gasteiger partial charge on any atom is -0.383 e. The molecule has 0 saturated heterocycles. The lowest BCUT2D eigenvalue weighted by atomic mass is 10.2. The van der Waals surface area contributed by atoms with Crippen LogP contribution in [0.4, 0.5) is 0 Å². The summed E-state index contributed by atoms with van der Waals surface area (Å²) in [5.41, 5.74) is 0. The zero-order valence-corrected chi connectivity index (χ0v) is 9.35. The lowest BCUT2D eigenvalue weighted by Gasteiger charge is -2.16. The largest absolute Gasteiger partial charge is 0.383 e. The molecule has 0 radical (unpaired) electrons. The van der Waals surface area contributed by atoms with Crippen LogP contribution in [0, 0.1) is 0 Å². The predicted molar refractivity (Wildman–Crippen MR) is 52.5 cm³/mol. The first-order valence-corrected chi connectivity index (χ1v) is 4.96. The maximum atomic E-state index is 11.2. The van der Waals surface area contributed by atoms with Crippen molar-refractivity contribution in [3.05, 3.63) is 0 Å². The molecule has 0 saturated carbocycles. The number of carbonyl (C=O) groups is 1. The average molecular weight is 238 g/mol. The Balaban J connectivity index is 3.77. The summed E-state index contributed by atoms with van der Waals surface area (Å²) >= 11 is 3.20. The lowest BCUT2D eigenvalue weighted by molar-refractivity contribution is -0.121. The number of hydrogen-bond acceptors (Lipinski definition) is 2. The zero-order chi connectivity index (χ0) is 9.56. The van der Waals surface area contributed by atoms with Gasteiger partial charge in [0.2, 0.25) is 5.91 Å². The molecule has 0 spiro atoms. The number of rotatable bonds is 5. The van der Waals surface area contributed by atoms with Crippen molar-refractivity contribution in [2.45, 2.75) is 31.1 Å². The minimum atomic E-state index is -0.136. The molecule has 0 fully saturated rings. The van der Waals surface area contributed by atoms with E-state index in [0.717, 1.165) is 6.42 Å². The van der Waals surface area contributed by atoms with E-state index in [0.29, 0.717) is 6.61 Å². The number of alkyl halides is 1. The van der Waals surface area contributed by atoms with Crippen molar-refractivity contribution >= 4 is 21.8 Å². The number of carbonyl (C=O) groups excluding carboxylic acids is 1. The first-order valence-electron chi connectivity index (χ1n) is 4.05. The highest BCUT2D eigenvalue weighted by Gasteiger charge is 2.13. The fraction of sp³-hybridized carbons (Fsp3) is 0.875. The molecule has 0 aromatic rings. The van der Waals surface area contributed by atoms with Gasteiger partial charge in [0.15, 0.2) is 0 Å². The van der Waals surface area contributed by atoms with E-state index in [-0.39, 0.29) is 16.8 Å². The molecule has 1 amide bonds. The van der Waals surface area contributed by atoms with Crippen LogP contribution in [0.5, 0.6) is 0 Å². The van der Waals surface area contributed by atoms with Crippen molar-refractivity contribution in [2.24, 2.45) is 0 Å². The highest BCUT2D eigenvalue weighted by molar-refractivity contribution is 9.10. The molecule has 2 atom stereocenters. The fourth-order valence-electron chi connectivity index (χ4n) is 0.779. The second-order valence-electron chi connectivity index (χ2n) is 2.69. The van der Waals surface area contributed by atoms with Crippen molar-refractivity contribution in [3.63, 3.8) is 0 Å². The molecule has 4 heteroatoms. The third-order valence-corrected chi connectivity index (χ3v) is 1.98. The molecule has 0 aliphatic rings. The molecular weight excluding hydrogens is 222 g/mol. The zero-order valence-electron chi connectivity index (χ0n) is 7.76. The van der Waals surface area contributed by atoms with Crippen molar-refractivity contribution in [2.75, 3.05) is 13.7 Å². The summed E-state index contributed by atoms with van der Waals surface area (Å²) in [5, 5.41) is 2.86. The summed E-state index contributed by atoms with van der Waals surface area (Å²) in [6.07, 6.45) is 0.888. The fourth-order valence-corrected chi connectivity index (χ4v) is 0.911. The van der Waals surface area contributed by atoms with E-state index in [2.05, 4.69) is 21.2 Å². The van der Waals surface area contributed by atoms with Crippen molar-refractivity contribution < 1.29 is 9.53 Å². The number of hydrogen-bond donors (Lipinski definition) is 1. The van der Waals surface area contributed by atoms with Crippen LogP contribution >= 0.6 is 15.9 Å². The number of ether oxygens (including phenoxy) is 1. The van der Waals surface area contributed by atoms with Gasteiger partial charge in [0, 0.05) is 7.11 Å². The van der Waals surface area contributed by atoms with Crippen LogP contribution in [0.2, 0.25) is 0 Å². The van der Waals surface area contributed by atoms with Gasteiger partial charge in [-0.3, -0.25) is 4.79 Å². The Morgan fingerprint density at radius 2 is 2.25 bits per heavy atom. The minimum absolute atomic E-state index is 0.0129. The Kier molecular flexibility index (Phi) is 6.38. The Morgan fingerprint density at radius 1 is 1.67 bits per heavy atom. The van der Waals surface area contributed by atoms with Crippen LogP contribution in [0.25, 0.3) is 0 Å². The number of methoxy groups -OCH3 is 1. The van der Waals surface area contributed by atoms with Crippen LogP contribution < -0.4 is 5.32 Å². The molecule has 72 valence electrons. The van der Waals surface area contributed by atoms with E-state index >= 15 is 0 Å². The Bertz CT molecular complexity index is 139. The maximum absolute atomic E-state index is 11.2. The summed E-state index contributed by atoms with van der Waals surface area (Å²) < 4.78 is 4.95. The third-order valence-electron chi connectivity index (χ3n) is 1.57. The molecule has 12 heavy (non-hydrogen) atoms. The molecule has 0 aromatic carbocycles. The standard InChI is InChI=1S/C8H16BrNO2/c1-4-7(5-12-3)10-8(11)6(2)9/h6-7H,4-5H2,1-3H3,(H,10,11). The van der Waals surface area contributed by atoms with Gasteiger partial charge in [-0.25, -0.2) is 0 Å². The van der Waals surface area contributed by atoms with Crippen molar-refractivity contribution in [1.82, 2.24) is 5.32 Å². The van der Waals surface area contributed by atoms with E-state index in [1.54, 1.807) is 14.0 Å². The van der Waals surface area contributed by atoms with E-state index < -0.39 is 0 Å². The molecule has 3 nitrogen and oxygen atoms in total. The molecular formula is C8H16BrNO2. The second-order valence-corrected chi connectivity index (χ2v) is 4.06. The van der Waals surface area contributed by atoms with Gasteiger partial charge in [0.1, 0.15) is 0 Å². The van der Waals surface area contributed by atoms with Gasteiger partial charge in [-0.15, -0.1) is 0 Å². The molecule has 1 N–H and O–H groups in total. The van der Waals surface area contributed by atoms with Gasteiger partial charge < -0.3 is 10.1 Å². The summed E-state index contributed by atoms with van der Waals surface area (Å²) in [7, 11) is 1.63. The van der Waals surface area contributed by atoms with E-state index in [9.17, 15) is 4.79 Å². The Hall–Kier alpha value is -0.0900. The van der Waals surface area contributed by atoms with Gasteiger partial charge >= 0.3 is 0 Å². The number of amides is 1. The normalized spacial score (nSPS) is 15.3. The topological polar surface area (TPSA) is 38.3 Å². The molecule has 0 aromatic heterocycles. The smallest absolute Gasteiger partial charge is 0.233 e. The van der Waals surface area contributed by atoms with Gasteiger partial charge in [-0.05, 0) is 13.3 Å². The summed E-state index contributed by atoms with van der Waals surface area (Å²) in [6, 6.07) is 0.127. The third kappa shape index (κ3) is 4.72.